The molecule has 0 unspecified atom stereocenters. The van der Waals surface area contributed by atoms with Crippen molar-refractivity contribution < 1.29 is 14.3 Å². The Morgan fingerprint density at radius 2 is 2.00 bits per heavy atom. The number of morpholine rings is 1. The molecule has 1 atom stereocenters. The third-order valence-electron chi connectivity index (χ3n) is 7.06. The lowest BCUT2D eigenvalue weighted by atomic mass is 9.84. The van der Waals surface area contributed by atoms with Crippen molar-refractivity contribution in [2.45, 2.75) is 38.6 Å². The van der Waals surface area contributed by atoms with E-state index in [9.17, 15) is 9.59 Å². The predicted molar refractivity (Wildman–Crippen MR) is 135 cm³/mol. The summed E-state index contributed by atoms with van der Waals surface area (Å²) >= 11 is 3.33. The first-order valence-corrected chi connectivity index (χ1v) is 13.9. The zero-order valence-corrected chi connectivity index (χ0v) is 21.3. The maximum absolute atomic E-state index is 13.7. The van der Waals surface area contributed by atoms with Gasteiger partial charge in [-0.15, -0.1) is 22.7 Å². The summed E-state index contributed by atoms with van der Waals surface area (Å²) in [4.78, 5) is 33.3. The second-order valence-corrected chi connectivity index (χ2v) is 11.2. The van der Waals surface area contributed by atoms with E-state index in [1.807, 2.05) is 11.4 Å². The summed E-state index contributed by atoms with van der Waals surface area (Å²) < 4.78 is 5.45. The highest BCUT2D eigenvalue weighted by atomic mass is 32.1. The summed E-state index contributed by atoms with van der Waals surface area (Å²) in [6, 6.07) is 6.07. The molecule has 1 saturated heterocycles. The number of hydrazone groups is 1. The fourth-order valence-corrected chi connectivity index (χ4v) is 6.50. The summed E-state index contributed by atoms with van der Waals surface area (Å²) in [6.07, 6.45) is 3.67. The SMILES string of the molecule is Cc1ccsc1[C@H]1CC(c2cccs2)=NN1C(=O)CN(CCN1CCOCC1)C(=O)C1CCC1. The van der Waals surface area contributed by atoms with Crippen molar-refractivity contribution in [2.75, 3.05) is 45.9 Å². The Labute approximate surface area is 209 Å². The molecule has 2 aromatic heterocycles. The molecular formula is C25H32N4O3S2. The smallest absolute Gasteiger partial charge is 0.262 e. The molecule has 1 saturated carbocycles. The molecule has 2 amide bonds. The average Bonchev–Trinajstić information content (AvgIpc) is 3.56. The molecular weight excluding hydrogens is 468 g/mol. The summed E-state index contributed by atoms with van der Waals surface area (Å²) in [6.45, 7) is 6.72. The second kappa shape index (κ2) is 10.7. The minimum atomic E-state index is -0.107. The maximum atomic E-state index is 13.7. The van der Waals surface area contributed by atoms with E-state index < -0.39 is 0 Å². The van der Waals surface area contributed by atoms with Crippen molar-refractivity contribution in [2.24, 2.45) is 11.0 Å². The number of hydrogen-bond donors (Lipinski definition) is 0. The molecule has 0 aromatic carbocycles. The first-order valence-electron chi connectivity index (χ1n) is 12.2. The van der Waals surface area contributed by atoms with Crippen LogP contribution in [0.15, 0.2) is 34.1 Å². The Morgan fingerprint density at radius 3 is 2.65 bits per heavy atom. The van der Waals surface area contributed by atoms with E-state index in [1.54, 1.807) is 32.6 Å². The van der Waals surface area contributed by atoms with E-state index >= 15 is 0 Å². The van der Waals surface area contributed by atoms with Crippen molar-refractivity contribution in [1.82, 2.24) is 14.8 Å². The fraction of sp³-hybridized carbons (Fsp3) is 0.560. The van der Waals surface area contributed by atoms with Crippen LogP contribution in [0, 0.1) is 12.8 Å². The van der Waals surface area contributed by atoms with Gasteiger partial charge in [0.1, 0.15) is 6.54 Å². The van der Waals surface area contributed by atoms with Gasteiger partial charge < -0.3 is 9.64 Å². The van der Waals surface area contributed by atoms with Gasteiger partial charge in [-0.3, -0.25) is 14.5 Å². The van der Waals surface area contributed by atoms with Gasteiger partial charge in [0.2, 0.25) is 5.91 Å². The molecule has 9 heteroatoms. The van der Waals surface area contributed by atoms with Gasteiger partial charge in [0.15, 0.2) is 0 Å². The molecule has 0 spiro atoms. The number of ether oxygens (including phenoxy) is 1. The number of rotatable bonds is 8. The minimum absolute atomic E-state index is 0.0663. The first kappa shape index (κ1) is 23.7. The molecule has 2 aromatic rings. The third-order valence-corrected chi connectivity index (χ3v) is 9.10. The van der Waals surface area contributed by atoms with Gasteiger partial charge in [0.05, 0.1) is 29.8 Å². The molecule has 34 heavy (non-hydrogen) atoms. The monoisotopic (exact) mass is 500 g/mol. The normalized spacial score (nSPS) is 21.4. The van der Waals surface area contributed by atoms with E-state index in [1.165, 1.54) is 10.4 Å². The van der Waals surface area contributed by atoms with E-state index in [-0.39, 0.29) is 30.3 Å². The van der Waals surface area contributed by atoms with E-state index in [4.69, 9.17) is 9.84 Å². The highest BCUT2D eigenvalue weighted by Gasteiger charge is 2.37. The Bertz CT molecular complexity index is 1020. The van der Waals surface area contributed by atoms with E-state index in [0.717, 1.165) is 62.7 Å². The molecule has 7 nitrogen and oxygen atoms in total. The second-order valence-electron chi connectivity index (χ2n) is 9.29. The van der Waals surface area contributed by atoms with Crippen molar-refractivity contribution in [3.8, 4) is 0 Å². The van der Waals surface area contributed by atoms with Gasteiger partial charge in [-0.05, 0) is 48.2 Å². The van der Waals surface area contributed by atoms with Crippen LogP contribution in [-0.4, -0.2) is 78.3 Å². The van der Waals surface area contributed by atoms with Crippen molar-refractivity contribution in [3.63, 3.8) is 0 Å². The number of carbonyl (C=O) groups excluding carboxylic acids is 2. The zero-order valence-electron chi connectivity index (χ0n) is 19.6. The standard InChI is InChI=1S/C25H32N4O3S2/c1-18-7-15-34-24(18)21-16-20(22-6-3-14-33-22)26-29(21)23(30)17-28(25(31)19-4-2-5-19)9-8-27-10-12-32-13-11-27/h3,6-7,14-15,19,21H,2,4-5,8-13,16-17H2,1H3/t21-/m1/s1. The summed E-state index contributed by atoms with van der Waals surface area (Å²) in [5.41, 5.74) is 2.14. The van der Waals surface area contributed by atoms with Gasteiger partial charge in [-0.25, -0.2) is 5.01 Å². The van der Waals surface area contributed by atoms with Crippen molar-refractivity contribution >= 4 is 40.2 Å². The van der Waals surface area contributed by atoms with Gasteiger partial charge in [0, 0.05) is 43.4 Å². The molecule has 1 aliphatic carbocycles. The van der Waals surface area contributed by atoms with E-state index in [0.29, 0.717) is 13.0 Å². The van der Waals surface area contributed by atoms with Crippen LogP contribution in [0.4, 0.5) is 0 Å². The van der Waals surface area contributed by atoms with Crippen molar-refractivity contribution in [1.29, 1.82) is 0 Å². The third kappa shape index (κ3) is 5.12. The summed E-state index contributed by atoms with van der Waals surface area (Å²) in [5, 5.41) is 10.6. The van der Waals surface area contributed by atoms with Crippen molar-refractivity contribution in [3.05, 3.63) is 44.3 Å². The zero-order chi connectivity index (χ0) is 23.5. The number of nitrogens with zero attached hydrogens (tertiary/aromatic N) is 4. The Kier molecular flexibility index (Phi) is 7.43. The molecule has 182 valence electrons. The summed E-state index contributed by atoms with van der Waals surface area (Å²) in [7, 11) is 0. The highest BCUT2D eigenvalue weighted by molar-refractivity contribution is 7.12. The lowest BCUT2D eigenvalue weighted by molar-refractivity contribution is -0.145. The topological polar surface area (TPSA) is 65.5 Å². The van der Waals surface area contributed by atoms with E-state index in [2.05, 4.69) is 29.3 Å². The molecule has 2 fully saturated rings. The highest BCUT2D eigenvalue weighted by Crippen LogP contribution is 2.38. The largest absolute Gasteiger partial charge is 0.379 e. The van der Waals surface area contributed by atoms with Crippen LogP contribution in [0.2, 0.25) is 0 Å². The number of aryl methyl sites for hydroxylation is 1. The molecule has 0 N–H and O–H groups in total. The lowest BCUT2D eigenvalue weighted by Gasteiger charge is -2.34. The Balaban J connectivity index is 1.34. The molecule has 0 radical (unpaired) electrons. The average molecular weight is 501 g/mol. The quantitative estimate of drug-likeness (QED) is 0.554. The van der Waals surface area contributed by atoms with Crippen LogP contribution < -0.4 is 0 Å². The van der Waals surface area contributed by atoms with Crippen LogP contribution in [0.1, 0.15) is 47.0 Å². The number of carbonyl (C=O) groups is 2. The first-order chi connectivity index (χ1) is 16.6. The maximum Gasteiger partial charge on any atom is 0.262 e. The van der Waals surface area contributed by atoms with Crippen LogP contribution in [-0.2, 0) is 14.3 Å². The lowest BCUT2D eigenvalue weighted by Crippen LogP contribution is -2.49. The van der Waals surface area contributed by atoms with Gasteiger partial charge in [-0.1, -0.05) is 12.5 Å². The van der Waals surface area contributed by atoms with Crippen LogP contribution in [0.5, 0.6) is 0 Å². The molecule has 5 rings (SSSR count). The molecule has 3 aliphatic rings. The molecule has 2 aliphatic heterocycles. The van der Waals surface area contributed by atoms with Crippen LogP contribution in [0.3, 0.4) is 0 Å². The van der Waals surface area contributed by atoms with Gasteiger partial charge in [-0.2, -0.15) is 5.10 Å². The minimum Gasteiger partial charge on any atom is -0.379 e. The summed E-state index contributed by atoms with van der Waals surface area (Å²) in [5.74, 6) is 0.0916. The van der Waals surface area contributed by atoms with Crippen LogP contribution >= 0.6 is 22.7 Å². The van der Waals surface area contributed by atoms with Crippen LogP contribution in [0.25, 0.3) is 0 Å². The Morgan fingerprint density at radius 1 is 1.18 bits per heavy atom. The Hall–Kier alpha value is -2.07. The number of amides is 2. The number of thiophene rings is 2. The number of hydrogen-bond acceptors (Lipinski definition) is 7. The molecule has 4 heterocycles. The molecule has 0 bridgehead atoms. The van der Waals surface area contributed by atoms with Gasteiger partial charge in [0.25, 0.3) is 5.91 Å². The predicted octanol–water partition coefficient (Wildman–Crippen LogP) is 3.76. The van der Waals surface area contributed by atoms with Gasteiger partial charge >= 0.3 is 0 Å². The fourth-order valence-electron chi connectivity index (χ4n) is 4.77.